The Hall–Kier alpha value is -1.55. The SMILES string of the molecule is Clc1nc(N2CCCC2)c2cc(N3CCCC3)ccc2n1. The fourth-order valence-electron chi connectivity index (χ4n) is 3.41. The highest BCUT2D eigenvalue weighted by Gasteiger charge is 2.19. The summed E-state index contributed by atoms with van der Waals surface area (Å²) >= 11 is 6.11. The summed E-state index contributed by atoms with van der Waals surface area (Å²) in [5.74, 6) is 1.00. The standard InChI is InChI=1S/C16H19ClN4/c17-16-18-14-6-5-12(20-7-1-2-8-20)11-13(14)15(19-16)21-9-3-4-10-21/h5-6,11H,1-4,7-10H2. The highest BCUT2D eigenvalue weighted by molar-refractivity contribution is 6.28. The molecule has 4 rings (SSSR count). The minimum Gasteiger partial charge on any atom is -0.372 e. The smallest absolute Gasteiger partial charge is 0.224 e. The molecule has 0 aliphatic carbocycles. The van der Waals surface area contributed by atoms with Crippen molar-refractivity contribution < 1.29 is 0 Å². The normalized spacial score (nSPS) is 18.9. The van der Waals surface area contributed by atoms with Gasteiger partial charge in [-0.25, -0.2) is 4.98 Å². The molecule has 0 radical (unpaired) electrons. The quantitative estimate of drug-likeness (QED) is 0.795. The minimum absolute atomic E-state index is 0.346. The average molecular weight is 303 g/mol. The Bertz CT molecular complexity index is 661. The fraction of sp³-hybridized carbons (Fsp3) is 0.500. The van der Waals surface area contributed by atoms with Crippen molar-refractivity contribution in [2.24, 2.45) is 0 Å². The molecule has 2 fully saturated rings. The molecule has 2 aromatic rings. The number of halogens is 1. The van der Waals surface area contributed by atoms with Gasteiger partial charge in [0.15, 0.2) is 0 Å². The van der Waals surface area contributed by atoms with Gasteiger partial charge in [0, 0.05) is 37.3 Å². The van der Waals surface area contributed by atoms with Crippen molar-refractivity contribution in [3.05, 3.63) is 23.5 Å². The third kappa shape index (κ3) is 2.42. The van der Waals surface area contributed by atoms with Crippen LogP contribution in [0.4, 0.5) is 11.5 Å². The maximum absolute atomic E-state index is 6.11. The zero-order chi connectivity index (χ0) is 14.2. The lowest BCUT2D eigenvalue weighted by Gasteiger charge is -2.21. The molecule has 4 nitrogen and oxygen atoms in total. The van der Waals surface area contributed by atoms with Gasteiger partial charge in [0.05, 0.1) is 5.52 Å². The number of hydrogen-bond donors (Lipinski definition) is 0. The van der Waals surface area contributed by atoms with Crippen LogP contribution in [-0.4, -0.2) is 36.1 Å². The monoisotopic (exact) mass is 302 g/mol. The Morgan fingerprint density at radius 3 is 2.24 bits per heavy atom. The fourth-order valence-corrected chi connectivity index (χ4v) is 3.59. The molecule has 3 heterocycles. The average Bonchev–Trinajstić information content (AvgIpc) is 3.19. The number of benzene rings is 1. The van der Waals surface area contributed by atoms with Crippen LogP contribution in [0.1, 0.15) is 25.7 Å². The zero-order valence-corrected chi connectivity index (χ0v) is 12.8. The molecule has 0 atom stereocenters. The van der Waals surface area contributed by atoms with E-state index in [1.54, 1.807) is 0 Å². The van der Waals surface area contributed by atoms with Crippen LogP contribution in [0.2, 0.25) is 5.28 Å². The molecule has 1 aromatic carbocycles. The maximum atomic E-state index is 6.11. The molecule has 2 saturated heterocycles. The number of fused-ring (bicyclic) bond motifs is 1. The highest BCUT2D eigenvalue weighted by Crippen LogP contribution is 2.32. The third-order valence-electron chi connectivity index (χ3n) is 4.51. The summed E-state index contributed by atoms with van der Waals surface area (Å²) in [7, 11) is 0. The molecular formula is C16H19ClN4. The van der Waals surface area contributed by atoms with Crippen molar-refractivity contribution in [3.8, 4) is 0 Å². The van der Waals surface area contributed by atoms with Gasteiger partial charge in [0.1, 0.15) is 5.82 Å². The summed E-state index contributed by atoms with van der Waals surface area (Å²) in [5, 5.41) is 1.48. The van der Waals surface area contributed by atoms with Crippen molar-refractivity contribution in [3.63, 3.8) is 0 Å². The molecule has 0 saturated carbocycles. The number of nitrogens with zero attached hydrogens (tertiary/aromatic N) is 4. The van der Waals surface area contributed by atoms with Gasteiger partial charge in [-0.2, -0.15) is 4.98 Å². The van der Waals surface area contributed by atoms with Gasteiger partial charge in [0.25, 0.3) is 0 Å². The summed E-state index contributed by atoms with van der Waals surface area (Å²) in [5.41, 5.74) is 2.23. The second-order valence-electron chi connectivity index (χ2n) is 5.91. The van der Waals surface area contributed by atoms with Gasteiger partial charge in [-0.15, -0.1) is 0 Å². The molecule has 0 spiro atoms. The second-order valence-corrected chi connectivity index (χ2v) is 6.24. The Labute approximate surface area is 129 Å². The first-order valence-corrected chi connectivity index (χ1v) is 8.16. The number of hydrogen-bond acceptors (Lipinski definition) is 4. The molecular weight excluding hydrogens is 284 g/mol. The van der Waals surface area contributed by atoms with E-state index < -0.39 is 0 Å². The third-order valence-corrected chi connectivity index (χ3v) is 4.68. The number of rotatable bonds is 2. The second kappa shape index (κ2) is 5.34. The van der Waals surface area contributed by atoms with E-state index >= 15 is 0 Å². The minimum atomic E-state index is 0.346. The van der Waals surface area contributed by atoms with Crippen LogP contribution in [0.5, 0.6) is 0 Å². The van der Waals surface area contributed by atoms with Crippen LogP contribution in [-0.2, 0) is 0 Å². The van der Waals surface area contributed by atoms with Crippen LogP contribution < -0.4 is 9.80 Å². The molecule has 21 heavy (non-hydrogen) atoms. The topological polar surface area (TPSA) is 32.3 Å². The first-order valence-electron chi connectivity index (χ1n) is 7.78. The van der Waals surface area contributed by atoms with Gasteiger partial charge in [-0.05, 0) is 55.5 Å². The van der Waals surface area contributed by atoms with Gasteiger partial charge >= 0.3 is 0 Å². The number of aromatic nitrogens is 2. The van der Waals surface area contributed by atoms with Crippen molar-refractivity contribution in [2.45, 2.75) is 25.7 Å². The molecule has 2 aliphatic rings. The summed E-state index contributed by atoms with van der Waals surface area (Å²) in [6, 6.07) is 6.48. The molecule has 5 heteroatoms. The van der Waals surface area contributed by atoms with Gasteiger partial charge in [-0.3, -0.25) is 0 Å². The molecule has 1 aromatic heterocycles. The summed E-state index contributed by atoms with van der Waals surface area (Å²) in [6.45, 7) is 4.44. The lowest BCUT2D eigenvalue weighted by Crippen LogP contribution is -2.20. The van der Waals surface area contributed by atoms with Gasteiger partial charge in [-0.1, -0.05) is 0 Å². The van der Waals surface area contributed by atoms with E-state index in [0.29, 0.717) is 5.28 Å². The van der Waals surface area contributed by atoms with Crippen LogP contribution in [0.3, 0.4) is 0 Å². The van der Waals surface area contributed by atoms with Crippen molar-refractivity contribution in [1.82, 2.24) is 9.97 Å². The highest BCUT2D eigenvalue weighted by atomic mass is 35.5. The molecule has 0 unspecified atom stereocenters. The summed E-state index contributed by atoms with van der Waals surface area (Å²) in [6.07, 6.45) is 5.03. The summed E-state index contributed by atoms with van der Waals surface area (Å²) < 4.78 is 0. The Morgan fingerprint density at radius 1 is 0.857 bits per heavy atom. The summed E-state index contributed by atoms with van der Waals surface area (Å²) in [4.78, 5) is 13.7. The predicted molar refractivity (Wildman–Crippen MR) is 87.4 cm³/mol. The molecule has 0 amide bonds. The largest absolute Gasteiger partial charge is 0.372 e. The van der Waals surface area contributed by atoms with E-state index in [2.05, 4.69) is 38.0 Å². The maximum Gasteiger partial charge on any atom is 0.224 e. The van der Waals surface area contributed by atoms with Gasteiger partial charge < -0.3 is 9.80 Å². The predicted octanol–water partition coefficient (Wildman–Crippen LogP) is 3.48. The van der Waals surface area contributed by atoms with E-state index in [0.717, 1.165) is 42.9 Å². The first kappa shape index (κ1) is 13.1. The molecule has 110 valence electrons. The first-order chi connectivity index (χ1) is 10.3. The van der Waals surface area contributed by atoms with E-state index in [1.165, 1.54) is 31.4 Å². The van der Waals surface area contributed by atoms with Crippen LogP contribution >= 0.6 is 11.6 Å². The van der Waals surface area contributed by atoms with E-state index in [-0.39, 0.29) is 0 Å². The number of anilines is 2. The molecule has 0 bridgehead atoms. The van der Waals surface area contributed by atoms with Crippen molar-refractivity contribution in [2.75, 3.05) is 36.0 Å². The van der Waals surface area contributed by atoms with Crippen molar-refractivity contribution in [1.29, 1.82) is 0 Å². The van der Waals surface area contributed by atoms with Crippen molar-refractivity contribution >= 4 is 34.0 Å². The lowest BCUT2D eigenvalue weighted by atomic mass is 10.2. The van der Waals surface area contributed by atoms with Gasteiger partial charge in [0.2, 0.25) is 5.28 Å². The Morgan fingerprint density at radius 2 is 1.52 bits per heavy atom. The zero-order valence-electron chi connectivity index (χ0n) is 12.1. The van der Waals surface area contributed by atoms with Crippen LogP contribution in [0.15, 0.2) is 18.2 Å². The lowest BCUT2D eigenvalue weighted by molar-refractivity contribution is 0.938. The Balaban J connectivity index is 1.83. The van der Waals surface area contributed by atoms with E-state index in [9.17, 15) is 0 Å². The van der Waals surface area contributed by atoms with E-state index in [4.69, 9.17) is 11.6 Å². The Kier molecular flexibility index (Phi) is 3.34. The van der Waals surface area contributed by atoms with E-state index in [1.807, 2.05) is 0 Å². The van der Waals surface area contributed by atoms with Crippen LogP contribution in [0.25, 0.3) is 10.9 Å². The molecule has 2 aliphatic heterocycles. The molecule has 0 N–H and O–H groups in total. The van der Waals surface area contributed by atoms with Crippen LogP contribution in [0, 0.1) is 0 Å².